The van der Waals surface area contributed by atoms with Crippen molar-refractivity contribution in [2.45, 2.75) is 45.2 Å². The van der Waals surface area contributed by atoms with Crippen molar-refractivity contribution in [3.63, 3.8) is 0 Å². The number of hydrogen-bond acceptors (Lipinski definition) is 0. The van der Waals surface area contributed by atoms with Gasteiger partial charge < -0.3 is 0 Å². The van der Waals surface area contributed by atoms with Crippen LogP contribution in [-0.2, 0) is 0 Å². The molecule has 0 heterocycles. The molecule has 0 aliphatic heterocycles. The highest BCUT2D eigenvalue weighted by molar-refractivity contribution is 5.28. The molecule has 0 spiro atoms. The fraction of sp³-hybridized carbons (Fsp3) is 0.571. The van der Waals surface area contributed by atoms with Gasteiger partial charge in [-0.3, -0.25) is 0 Å². The quantitative estimate of drug-likeness (QED) is 0.679. The van der Waals surface area contributed by atoms with E-state index in [2.05, 4.69) is 0 Å². The van der Waals surface area contributed by atoms with Crippen molar-refractivity contribution in [3.8, 4) is 0 Å². The first-order valence-corrected chi connectivity index (χ1v) is 6.09. The van der Waals surface area contributed by atoms with Crippen LogP contribution in [-0.4, -0.2) is 6.17 Å². The van der Waals surface area contributed by atoms with Gasteiger partial charge in [0.2, 0.25) is 0 Å². The fourth-order valence-electron chi connectivity index (χ4n) is 2.53. The van der Waals surface area contributed by atoms with Crippen LogP contribution in [0.25, 0.3) is 0 Å². The Labute approximate surface area is 99.8 Å². The van der Waals surface area contributed by atoms with Gasteiger partial charge in [0.25, 0.3) is 0 Å². The highest BCUT2D eigenvalue weighted by atomic mass is 19.2. The second-order valence-electron chi connectivity index (χ2n) is 5.10. The minimum atomic E-state index is -0.905. The van der Waals surface area contributed by atoms with E-state index in [0.717, 1.165) is 12.8 Å². The topological polar surface area (TPSA) is 0 Å². The van der Waals surface area contributed by atoms with Crippen LogP contribution in [0.5, 0.6) is 0 Å². The van der Waals surface area contributed by atoms with Crippen molar-refractivity contribution in [3.05, 3.63) is 34.9 Å². The number of aryl methyl sites for hydroxylation is 1. The lowest BCUT2D eigenvalue weighted by molar-refractivity contribution is 0.162. The van der Waals surface area contributed by atoms with Crippen molar-refractivity contribution >= 4 is 0 Å². The van der Waals surface area contributed by atoms with E-state index in [-0.39, 0.29) is 11.8 Å². The summed E-state index contributed by atoms with van der Waals surface area (Å²) >= 11 is 0. The Kier molecular flexibility index (Phi) is 3.45. The second-order valence-corrected chi connectivity index (χ2v) is 5.10. The van der Waals surface area contributed by atoms with Crippen LogP contribution in [0.1, 0.15) is 43.2 Å². The minimum Gasteiger partial charge on any atom is -0.247 e. The van der Waals surface area contributed by atoms with Crippen molar-refractivity contribution < 1.29 is 13.2 Å². The molecule has 0 bridgehead atoms. The molecular formula is C14H17F3. The molecule has 1 fully saturated rings. The zero-order valence-corrected chi connectivity index (χ0v) is 10.1. The molecule has 0 aromatic heterocycles. The summed E-state index contributed by atoms with van der Waals surface area (Å²) in [5.41, 5.74) is 0.634. The van der Waals surface area contributed by atoms with E-state index < -0.39 is 17.8 Å². The summed E-state index contributed by atoms with van der Waals surface area (Å²) in [6.07, 6.45) is 0.875. The molecule has 1 aliphatic carbocycles. The third-order valence-electron chi connectivity index (χ3n) is 3.84. The van der Waals surface area contributed by atoms with E-state index in [4.69, 9.17) is 0 Å². The molecule has 1 unspecified atom stereocenters. The summed E-state index contributed by atoms with van der Waals surface area (Å²) in [5.74, 6) is -1.74. The molecule has 1 aromatic rings. The zero-order valence-electron chi connectivity index (χ0n) is 10.1. The Morgan fingerprint density at radius 3 is 2.47 bits per heavy atom. The molecule has 3 heteroatoms. The Morgan fingerprint density at radius 1 is 1.12 bits per heavy atom. The summed E-state index contributed by atoms with van der Waals surface area (Å²) in [5, 5.41) is 0. The monoisotopic (exact) mass is 242 g/mol. The normalized spacial score (nSPS) is 29.4. The van der Waals surface area contributed by atoms with Crippen LogP contribution in [0.2, 0.25) is 0 Å². The van der Waals surface area contributed by atoms with Crippen LogP contribution >= 0.6 is 0 Å². The molecule has 1 saturated carbocycles. The van der Waals surface area contributed by atoms with Crippen LogP contribution in [0.4, 0.5) is 13.2 Å². The molecule has 17 heavy (non-hydrogen) atoms. The number of hydrogen-bond donors (Lipinski definition) is 0. The van der Waals surface area contributed by atoms with Crippen molar-refractivity contribution in [1.82, 2.24) is 0 Å². The lowest BCUT2D eigenvalue weighted by Gasteiger charge is -2.30. The standard InChI is InChI=1S/C14H17F3/c1-8-3-5-10(7-12(8)15)11-6-4-9(2)13(16)14(11)17/h4,6,8,10,12H,3,5,7H2,1-2H3/t8-,10-,12?/m0/s1. The Morgan fingerprint density at radius 2 is 1.82 bits per heavy atom. The first-order chi connectivity index (χ1) is 8.00. The maximum absolute atomic E-state index is 13.8. The van der Waals surface area contributed by atoms with E-state index in [9.17, 15) is 13.2 Å². The minimum absolute atomic E-state index is 0.0320. The highest BCUT2D eigenvalue weighted by Gasteiger charge is 2.30. The van der Waals surface area contributed by atoms with Gasteiger partial charge in [-0.05, 0) is 49.1 Å². The molecule has 0 saturated heterocycles. The van der Waals surface area contributed by atoms with Gasteiger partial charge in [-0.1, -0.05) is 19.1 Å². The molecule has 0 radical (unpaired) electrons. The van der Waals surface area contributed by atoms with Gasteiger partial charge in [0.05, 0.1) is 0 Å². The van der Waals surface area contributed by atoms with E-state index in [1.807, 2.05) is 6.92 Å². The lowest BCUT2D eigenvalue weighted by atomic mass is 9.78. The lowest BCUT2D eigenvalue weighted by Crippen LogP contribution is -2.23. The third-order valence-corrected chi connectivity index (χ3v) is 3.84. The SMILES string of the molecule is Cc1ccc([C@H]2CC[C@H](C)C(F)C2)c(F)c1F. The largest absolute Gasteiger partial charge is 0.247 e. The maximum atomic E-state index is 13.8. The van der Waals surface area contributed by atoms with Crippen LogP contribution < -0.4 is 0 Å². The zero-order chi connectivity index (χ0) is 12.6. The average Bonchev–Trinajstić information content (AvgIpc) is 2.30. The first kappa shape index (κ1) is 12.5. The van der Waals surface area contributed by atoms with E-state index >= 15 is 0 Å². The first-order valence-electron chi connectivity index (χ1n) is 6.09. The summed E-state index contributed by atoms with van der Waals surface area (Å²) in [6.45, 7) is 3.40. The second kappa shape index (κ2) is 4.71. The number of halogens is 3. The van der Waals surface area contributed by atoms with Gasteiger partial charge in [0.15, 0.2) is 11.6 Å². The van der Waals surface area contributed by atoms with Gasteiger partial charge in [-0.25, -0.2) is 13.2 Å². The summed E-state index contributed by atoms with van der Waals surface area (Å²) in [6, 6.07) is 3.17. The third kappa shape index (κ3) is 2.33. The predicted molar refractivity (Wildman–Crippen MR) is 61.7 cm³/mol. The number of alkyl halides is 1. The van der Waals surface area contributed by atoms with Gasteiger partial charge in [0, 0.05) is 0 Å². The molecule has 0 N–H and O–H groups in total. The van der Waals surface area contributed by atoms with Crippen LogP contribution in [0.3, 0.4) is 0 Å². The smallest absolute Gasteiger partial charge is 0.162 e. The van der Waals surface area contributed by atoms with Crippen molar-refractivity contribution in [2.75, 3.05) is 0 Å². The molecule has 2 rings (SSSR count). The van der Waals surface area contributed by atoms with Gasteiger partial charge in [-0.2, -0.15) is 0 Å². The molecule has 1 aliphatic rings. The number of benzene rings is 1. The van der Waals surface area contributed by atoms with Crippen molar-refractivity contribution in [1.29, 1.82) is 0 Å². The Hall–Kier alpha value is -0.990. The summed E-state index contributed by atoms with van der Waals surface area (Å²) in [7, 11) is 0. The van der Waals surface area contributed by atoms with Gasteiger partial charge in [-0.15, -0.1) is 0 Å². The fourth-order valence-corrected chi connectivity index (χ4v) is 2.53. The number of rotatable bonds is 1. The van der Waals surface area contributed by atoms with E-state index in [0.29, 0.717) is 17.5 Å². The predicted octanol–water partition coefficient (Wildman–Crippen LogP) is 4.51. The van der Waals surface area contributed by atoms with Gasteiger partial charge >= 0.3 is 0 Å². The molecule has 0 amide bonds. The van der Waals surface area contributed by atoms with Crippen LogP contribution in [0, 0.1) is 24.5 Å². The Bertz CT molecular complexity index is 414. The highest BCUT2D eigenvalue weighted by Crippen LogP contribution is 2.38. The summed E-state index contributed by atoms with van der Waals surface area (Å²) in [4.78, 5) is 0. The molecule has 94 valence electrons. The van der Waals surface area contributed by atoms with E-state index in [1.54, 1.807) is 12.1 Å². The van der Waals surface area contributed by atoms with E-state index in [1.165, 1.54) is 6.92 Å². The van der Waals surface area contributed by atoms with Gasteiger partial charge in [0.1, 0.15) is 6.17 Å². The summed E-state index contributed by atoms with van der Waals surface area (Å²) < 4.78 is 40.8. The maximum Gasteiger partial charge on any atom is 0.162 e. The molecule has 1 aromatic carbocycles. The molecule has 0 nitrogen and oxygen atoms in total. The molecule has 3 atom stereocenters. The average molecular weight is 242 g/mol. The Balaban J connectivity index is 2.26. The molecular weight excluding hydrogens is 225 g/mol. The van der Waals surface area contributed by atoms with Crippen molar-refractivity contribution in [2.24, 2.45) is 5.92 Å². The van der Waals surface area contributed by atoms with Crippen LogP contribution in [0.15, 0.2) is 12.1 Å².